The molecular weight excluding hydrogens is 434 g/mol. The number of furan rings is 1. The molecule has 3 aromatic rings. The summed E-state index contributed by atoms with van der Waals surface area (Å²) >= 11 is 1.61. The molecule has 0 unspecified atom stereocenters. The summed E-state index contributed by atoms with van der Waals surface area (Å²) in [6.07, 6.45) is 5.30. The van der Waals surface area contributed by atoms with Gasteiger partial charge in [0.25, 0.3) is 5.91 Å². The van der Waals surface area contributed by atoms with Gasteiger partial charge in [-0.3, -0.25) is 14.9 Å². The van der Waals surface area contributed by atoms with E-state index in [0.29, 0.717) is 17.0 Å². The molecule has 1 N–H and O–H groups in total. The largest absolute Gasteiger partial charge is 0.433 e. The molecule has 12 heteroatoms. The highest BCUT2D eigenvalue weighted by molar-refractivity contribution is 7.99. The van der Waals surface area contributed by atoms with Crippen LogP contribution in [0.5, 0.6) is 0 Å². The SMILES string of the molecule is CC(C)Sc1nc(N2CCCCC2)c2cnn(CCNC(=O)c3ccc([N+](=O)[O-])o3)c2n1. The fraction of sp³-hybridized carbons (Fsp3) is 0.500. The molecule has 4 rings (SSSR count). The van der Waals surface area contributed by atoms with E-state index in [-0.39, 0.29) is 12.3 Å². The molecule has 1 aliphatic rings. The minimum absolute atomic E-state index is 0.104. The van der Waals surface area contributed by atoms with Gasteiger partial charge in [-0.25, -0.2) is 14.6 Å². The minimum atomic E-state index is -0.682. The molecule has 0 aliphatic carbocycles. The second-order valence-corrected chi connectivity index (χ2v) is 9.34. The first kappa shape index (κ1) is 22.1. The number of amides is 1. The maximum Gasteiger partial charge on any atom is 0.433 e. The Morgan fingerprint density at radius 1 is 1.28 bits per heavy atom. The van der Waals surface area contributed by atoms with E-state index in [1.165, 1.54) is 12.5 Å². The number of nitrogens with one attached hydrogen (secondary N) is 1. The molecule has 11 nitrogen and oxygen atoms in total. The molecule has 1 aliphatic heterocycles. The number of carbonyl (C=O) groups excluding carboxylic acids is 1. The van der Waals surface area contributed by atoms with Crippen LogP contribution in [0.2, 0.25) is 0 Å². The van der Waals surface area contributed by atoms with Crippen LogP contribution in [0.25, 0.3) is 11.0 Å². The highest BCUT2D eigenvalue weighted by Gasteiger charge is 2.21. The van der Waals surface area contributed by atoms with Crippen molar-refractivity contribution >= 4 is 40.4 Å². The van der Waals surface area contributed by atoms with Crippen molar-refractivity contribution in [3.05, 3.63) is 34.2 Å². The zero-order valence-corrected chi connectivity index (χ0v) is 18.8. The third kappa shape index (κ3) is 4.85. The summed E-state index contributed by atoms with van der Waals surface area (Å²) < 4.78 is 6.69. The lowest BCUT2D eigenvalue weighted by molar-refractivity contribution is -0.402. The van der Waals surface area contributed by atoms with Crippen LogP contribution in [0.15, 0.2) is 27.9 Å². The van der Waals surface area contributed by atoms with Crippen LogP contribution < -0.4 is 10.2 Å². The number of aromatic nitrogens is 4. The van der Waals surface area contributed by atoms with Crippen LogP contribution in [-0.2, 0) is 6.54 Å². The zero-order chi connectivity index (χ0) is 22.7. The van der Waals surface area contributed by atoms with Gasteiger partial charge in [0.2, 0.25) is 0 Å². The molecule has 0 radical (unpaired) electrons. The topological polar surface area (TPSA) is 132 Å². The molecule has 0 saturated carbocycles. The van der Waals surface area contributed by atoms with Gasteiger partial charge in [0.05, 0.1) is 24.2 Å². The first-order chi connectivity index (χ1) is 15.4. The molecule has 1 saturated heterocycles. The predicted molar refractivity (Wildman–Crippen MR) is 120 cm³/mol. The molecule has 0 spiro atoms. The van der Waals surface area contributed by atoms with E-state index in [4.69, 9.17) is 14.4 Å². The maximum absolute atomic E-state index is 12.2. The Kier molecular flexibility index (Phi) is 6.58. The average molecular weight is 460 g/mol. The third-order valence-corrected chi connectivity index (χ3v) is 5.92. The Bertz CT molecular complexity index is 1120. The van der Waals surface area contributed by atoms with Gasteiger partial charge in [0.1, 0.15) is 10.7 Å². The number of hydrogen-bond donors (Lipinski definition) is 1. The summed E-state index contributed by atoms with van der Waals surface area (Å²) in [5, 5.41) is 19.9. The number of piperidine rings is 1. The van der Waals surface area contributed by atoms with E-state index in [2.05, 4.69) is 29.2 Å². The van der Waals surface area contributed by atoms with Gasteiger partial charge in [-0.1, -0.05) is 25.6 Å². The predicted octanol–water partition coefficient (Wildman–Crippen LogP) is 3.25. The van der Waals surface area contributed by atoms with Crippen molar-refractivity contribution in [2.75, 3.05) is 24.5 Å². The van der Waals surface area contributed by atoms with E-state index < -0.39 is 16.7 Å². The van der Waals surface area contributed by atoms with E-state index in [1.807, 2.05) is 0 Å². The normalized spacial score (nSPS) is 14.3. The van der Waals surface area contributed by atoms with Crippen LogP contribution in [0.1, 0.15) is 43.7 Å². The lowest BCUT2D eigenvalue weighted by atomic mass is 10.1. The fourth-order valence-electron chi connectivity index (χ4n) is 3.61. The molecular formula is C20H25N7O4S. The second kappa shape index (κ2) is 9.55. The number of fused-ring (bicyclic) bond motifs is 1. The van der Waals surface area contributed by atoms with Crippen LogP contribution >= 0.6 is 11.8 Å². The summed E-state index contributed by atoms with van der Waals surface area (Å²) in [6.45, 7) is 6.79. The maximum atomic E-state index is 12.2. The summed E-state index contributed by atoms with van der Waals surface area (Å²) in [4.78, 5) is 34.1. The van der Waals surface area contributed by atoms with Gasteiger partial charge in [0, 0.05) is 24.9 Å². The number of carbonyl (C=O) groups is 1. The van der Waals surface area contributed by atoms with E-state index >= 15 is 0 Å². The molecule has 1 fully saturated rings. The Balaban J connectivity index is 1.51. The van der Waals surface area contributed by atoms with Crippen molar-refractivity contribution < 1.29 is 14.1 Å². The number of thioether (sulfide) groups is 1. The number of hydrogen-bond acceptors (Lipinski definition) is 9. The number of rotatable bonds is 8. The lowest BCUT2D eigenvalue weighted by Crippen LogP contribution is -2.30. The molecule has 0 aromatic carbocycles. The number of nitro groups is 1. The molecule has 1 amide bonds. The molecule has 0 bridgehead atoms. The van der Waals surface area contributed by atoms with Crippen LogP contribution in [0.4, 0.5) is 11.7 Å². The van der Waals surface area contributed by atoms with E-state index in [0.717, 1.165) is 48.8 Å². The van der Waals surface area contributed by atoms with Gasteiger partial charge in [0.15, 0.2) is 16.6 Å². The Morgan fingerprint density at radius 2 is 2.06 bits per heavy atom. The monoisotopic (exact) mass is 459 g/mol. The highest BCUT2D eigenvalue weighted by Crippen LogP contribution is 2.30. The molecule has 0 atom stereocenters. The third-order valence-electron chi connectivity index (χ3n) is 5.06. The molecule has 3 aromatic heterocycles. The Hall–Kier alpha value is -3.15. The van der Waals surface area contributed by atoms with Gasteiger partial charge < -0.3 is 14.6 Å². The summed E-state index contributed by atoms with van der Waals surface area (Å²) in [5.41, 5.74) is 0.728. The van der Waals surface area contributed by atoms with Gasteiger partial charge in [-0.2, -0.15) is 5.10 Å². The first-order valence-corrected chi connectivity index (χ1v) is 11.5. The summed E-state index contributed by atoms with van der Waals surface area (Å²) in [7, 11) is 0. The molecule has 170 valence electrons. The quantitative estimate of drug-likeness (QED) is 0.233. The van der Waals surface area contributed by atoms with Gasteiger partial charge in [-0.05, 0) is 25.3 Å². The van der Waals surface area contributed by atoms with Crippen molar-refractivity contribution in [2.45, 2.75) is 50.1 Å². The van der Waals surface area contributed by atoms with Crippen molar-refractivity contribution in [2.24, 2.45) is 0 Å². The van der Waals surface area contributed by atoms with Crippen molar-refractivity contribution in [1.82, 2.24) is 25.1 Å². The second-order valence-electron chi connectivity index (χ2n) is 7.80. The van der Waals surface area contributed by atoms with Crippen LogP contribution in [-0.4, -0.2) is 55.5 Å². The van der Waals surface area contributed by atoms with E-state index in [1.54, 1.807) is 22.6 Å². The van der Waals surface area contributed by atoms with Crippen LogP contribution in [0.3, 0.4) is 0 Å². The lowest BCUT2D eigenvalue weighted by Gasteiger charge is -2.28. The van der Waals surface area contributed by atoms with Crippen molar-refractivity contribution in [3.8, 4) is 0 Å². The average Bonchev–Trinajstić information content (AvgIpc) is 3.41. The minimum Gasteiger partial charge on any atom is -0.395 e. The zero-order valence-electron chi connectivity index (χ0n) is 18.0. The fourth-order valence-corrected chi connectivity index (χ4v) is 4.31. The highest BCUT2D eigenvalue weighted by atomic mass is 32.2. The van der Waals surface area contributed by atoms with Gasteiger partial charge in [-0.15, -0.1) is 0 Å². The van der Waals surface area contributed by atoms with Gasteiger partial charge >= 0.3 is 5.88 Å². The molecule has 32 heavy (non-hydrogen) atoms. The summed E-state index contributed by atoms with van der Waals surface area (Å²) in [6, 6.07) is 2.44. The van der Waals surface area contributed by atoms with Crippen LogP contribution in [0, 0.1) is 10.1 Å². The van der Waals surface area contributed by atoms with E-state index in [9.17, 15) is 14.9 Å². The standard InChI is InChI=1S/C20H25N7O4S/c1-13(2)32-20-23-17(25-9-4-3-5-10-25)14-12-22-26(18(14)24-20)11-8-21-19(28)15-6-7-16(31-15)27(29)30/h6-7,12-13H,3-5,8-11H2,1-2H3,(H,21,28). The number of nitrogens with zero attached hydrogens (tertiary/aromatic N) is 6. The Morgan fingerprint density at radius 3 is 2.75 bits per heavy atom. The first-order valence-electron chi connectivity index (χ1n) is 10.6. The number of anilines is 1. The smallest absolute Gasteiger partial charge is 0.395 e. The van der Waals surface area contributed by atoms with Crippen molar-refractivity contribution in [1.29, 1.82) is 0 Å². The summed E-state index contributed by atoms with van der Waals surface area (Å²) in [5.74, 6) is -0.178. The Labute approximate surface area is 188 Å². The molecule has 4 heterocycles. The van der Waals surface area contributed by atoms with Crippen molar-refractivity contribution in [3.63, 3.8) is 0 Å².